The van der Waals surface area contributed by atoms with Gasteiger partial charge in [0.05, 0.1) is 11.4 Å². The molecule has 0 saturated heterocycles. The molecule has 0 atom stereocenters. The molecule has 0 fully saturated rings. The fourth-order valence-electron chi connectivity index (χ4n) is 1.72. The van der Waals surface area contributed by atoms with Crippen molar-refractivity contribution < 1.29 is 4.39 Å². The summed E-state index contributed by atoms with van der Waals surface area (Å²) in [4.78, 5) is 12.2. The van der Waals surface area contributed by atoms with Gasteiger partial charge in [0.1, 0.15) is 5.82 Å². The largest absolute Gasteiger partial charge is 0.374 e. The molecular weight excluding hydrogens is 293 g/mol. The van der Waals surface area contributed by atoms with Crippen LogP contribution in [-0.4, -0.2) is 14.9 Å². The summed E-state index contributed by atoms with van der Waals surface area (Å²) in [6.45, 7) is 3.79. The van der Waals surface area contributed by atoms with Crippen LogP contribution in [0.5, 0.6) is 0 Å². The van der Waals surface area contributed by atoms with Crippen LogP contribution in [-0.2, 0) is 0 Å². The first kappa shape index (κ1) is 15.0. The van der Waals surface area contributed by atoms with Gasteiger partial charge in [0.2, 0.25) is 0 Å². The Balaban J connectivity index is 2.45. The Kier molecular flexibility index (Phi) is 4.27. The maximum Gasteiger partial charge on any atom is 0.301 e. The lowest BCUT2D eigenvalue weighted by molar-refractivity contribution is 0.628. The van der Waals surface area contributed by atoms with Gasteiger partial charge in [-0.05, 0) is 42.4 Å². The molecule has 110 valence electrons. The van der Waals surface area contributed by atoms with Crippen molar-refractivity contribution in [2.45, 2.75) is 19.8 Å². The Bertz CT molecular complexity index is 745. The van der Waals surface area contributed by atoms with Crippen LogP contribution in [0.4, 0.5) is 15.8 Å². The molecule has 0 aliphatic carbocycles. The Morgan fingerprint density at radius 3 is 2.48 bits per heavy atom. The number of halogens is 1. The summed E-state index contributed by atoms with van der Waals surface area (Å²) < 4.78 is 13.9. The molecule has 0 radical (unpaired) electrons. The highest BCUT2D eigenvalue weighted by molar-refractivity contribution is 7.80. The molecule has 0 spiro atoms. The lowest BCUT2D eigenvalue weighted by Crippen LogP contribution is -2.29. The monoisotopic (exact) mass is 307 g/mol. The Morgan fingerprint density at radius 1 is 1.33 bits per heavy atom. The maximum absolute atomic E-state index is 12.8. The molecule has 0 aliphatic heterocycles. The van der Waals surface area contributed by atoms with Gasteiger partial charge in [0, 0.05) is 0 Å². The third-order valence-electron chi connectivity index (χ3n) is 2.78. The number of azo groups is 1. The second-order valence-electron chi connectivity index (χ2n) is 4.68. The van der Waals surface area contributed by atoms with E-state index >= 15 is 0 Å². The van der Waals surface area contributed by atoms with Crippen LogP contribution in [0, 0.1) is 5.82 Å². The van der Waals surface area contributed by atoms with Crippen molar-refractivity contribution in [1.29, 1.82) is 0 Å². The summed E-state index contributed by atoms with van der Waals surface area (Å²) in [6, 6.07) is 5.46. The zero-order chi connectivity index (χ0) is 15.6. The average Bonchev–Trinajstić information content (AvgIpc) is 2.76. The predicted octanol–water partition coefficient (Wildman–Crippen LogP) is 2.95. The molecule has 21 heavy (non-hydrogen) atoms. The highest BCUT2D eigenvalue weighted by Gasteiger charge is 2.17. The number of aromatic amines is 1. The molecule has 1 aromatic carbocycles. The van der Waals surface area contributed by atoms with Gasteiger partial charge in [-0.25, -0.2) is 4.39 Å². The lowest BCUT2D eigenvalue weighted by atomic mass is 10.1. The Labute approximate surface area is 125 Å². The predicted molar refractivity (Wildman–Crippen MR) is 81.9 cm³/mol. The van der Waals surface area contributed by atoms with Crippen LogP contribution < -0.4 is 11.3 Å². The molecule has 0 aliphatic rings. The number of nitrogens with zero attached hydrogens (tertiary/aromatic N) is 3. The fraction of sp³-hybridized carbons (Fsp3) is 0.231. The molecule has 0 saturated carbocycles. The van der Waals surface area contributed by atoms with Gasteiger partial charge < -0.3 is 5.73 Å². The van der Waals surface area contributed by atoms with E-state index in [0.29, 0.717) is 11.4 Å². The van der Waals surface area contributed by atoms with Crippen molar-refractivity contribution in [3.8, 4) is 0 Å². The van der Waals surface area contributed by atoms with Crippen molar-refractivity contribution in [3.05, 3.63) is 46.1 Å². The summed E-state index contributed by atoms with van der Waals surface area (Å²) in [5.74, 6) is -0.357. The smallest absolute Gasteiger partial charge is 0.301 e. The number of hydrogen-bond donors (Lipinski definition) is 2. The zero-order valence-electron chi connectivity index (χ0n) is 11.5. The van der Waals surface area contributed by atoms with Gasteiger partial charge in [-0.3, -0.25) is 9.89 Å². The summed E-state index contributed by atoms with van der Waals surface area (Å²) in [6.07, 6.45) is 0. The Hall–Kier alpha value is -2.35. The topological polar surface area (TPSA) is 88.5 Å². The van der Waals surface area contributed by atoms with E-state index in [2.05, 4.69) is 15.3 Å². The molecule has 1 aromatic heterocycles. The third kappa shape index (κ3) is 3.22. The summed E-state index contributed by atoms with van der Waals surface area (Å²) in [5, 5.41) is 10.6. The minimum Gasteiger partial charge on any atom is -0.374 e. The number of rotatable bonds is 3. The molecule has 6 nitrogen and oxygen atoms in total. The van der Waals surface area contributed by atoms with E-state index < -0.39 is 5.56 Å². The van der Waals surface area contributed by atoms with Crippen LogP contribution in [0.1, 0.15) is 25.5 Å². The van der Waals surface area contributed by atoms with E-state index in [1.165, 1.54) is 24.3 Å². The second-order valence-corrected chi connectivity index (χ2v) is 5.10. The molecule has 8 heteroatoms. The maximum atomic E-state index is 12.8. The van der Waals surface area contributed by atoms with E-state index in [4.69, 9.17) is 18.0 Å². The van der Waals surface area contributed by atoms with Gasteiger partial charge >= 0.3 is 5.56 Å². The second kappa shape index (κ2) is 5.96. The van der Waals surface area contributed by atoms with Crippen LogP contribution >= 0.6 is 12.2 Å². The fourth-order valence-corrected chi connectivity index (χ4v) is 1.84. The molecule has 0 unspecified atom stereocenters. The first-order valence-corrected chi connectivity index (χ1v) is 6.63. The van der Waals surface area contributed by atoms with Crippen LogP contribution in [0.25, 0.3) is 0 Å². The number of H-pyrrole nitrogens is 1. The van der Waals surface area contributed by atoms with Crippen molar-refractivity contribution in [3.63, 3.8) is 0 Å². The molecular formula is C13H14FN5OS. The van der Waals surface area contributed by atoms with Gasteiger partial charge in [-0.2, -0.15) is 9.80 Å². The summed E-state index contributed by atoms with van der Waals surface area (Å²) >= 11 is 4.80. The van der Waals surface area contributed by atoms with E-state index in [9.17, 15) is 9.18 Å². The van der Waals surface area contributed by atoms with Crippen molar-refractivity contribution in [2.75, 3.05) is 0 Å². The van der Waals surface area contributed by atoms with E-state index in [0.717, 1.165) is 4.68 Å². The highest BCUT2D eigenvalue weighted by Crippen LogP contribution is 2.23. The normalized spacial score (nSPS) is 11.4. The highest BCUT2D eigenvalue weighted by atomic mass is 32.1. The number of aromatic nitrogens is 2. The van der Waals surface area contributed by atoms with Crippen LogP contribution in [0.15, 0.2) is 39.3 Å². The van der Waals surface area contributed by atoms with Gasteiger partial charge in [0.15, 0.2) is 10.8 Å². The first-order chi connectivity index (χ1) is 9.90. The zero-order valence-corrected chi connectivity index (χ0v) is 12.3. The van der Waals surface area contributed by atoms with Crippen LogP contribution in [0.3, 0.4) is 0 Å². The van der Waals surface area contributed by atoms with Gasteiger partial charge in [-0.15, -0.1) is 5.11 Å². The van der Waals surface area contributed by atoms with Crippen molar-refractivity contribution >= 4 is 28.7 Å². The molecule has 0 bridgehead atoms. The summed E-state index contributed by atoms with van der Waals surface area (Å²) in [5.41, 5.74) is 6.17. The molecule has 0 amide bonds. The molecule has 2 aromatic rings. The van der Waals surface area contributed by atoms with Crippen molar-refractivity contribution in [1.82, 2.24) is 9.78 Å². The number of benzene rings is 1. The van der Waals surface area contributed by atoms with E-state index in [-0.39, 0.29) is 22.5 Å². The van der Waals surface area contributed by atoms with Crippen molar-refractivity contribution in [2.24, 2.45) is 16.0 Å². The minimum atomic E-state index is -0.461. The Morgan fingerprint density at radius 2 is 1.95 bits per heavy atom. The molecule has 1 heterocycles. The van der Waals surface area contributed by atoms with E-state index in [1.54, 1.807) is 0 Å². The first-order valence-electron chi connectivity index (χ1n) is 6.22. The summed E-state index contributed by atoms with van der Waals surface area (Å²) in [7, 11) is 0. The van der Waals surface area contributed by atoms with Crippen LogP contribution in [0.2, 0.25) is 0 Å². The number of nitrogens with one attached hydrogen (secondary N) is 1. The quantitative estimate of drug-likeness (QED) is 0.675. The van der Waals surface area contributed by atoms with Gasteiger partial charge in [0.25, 0.3) is 0 Å². The standard InChI is InChI=1S/C13H14FN5OS/c1-7(2)10-11(12(20)19(18-10)13(15)21)17-16-9-5-3-8(14)4-6-9/h3-7,18H,1-2H3,(H2,15,21). The third-order valence-corrected chi connectivity index (χ3v) is 2.97. The SMILES string of the molecule is CC(C)c1[nH]n(C(N)=S)c(=O)c1N=Nc1ccc(F)cc1. The van der Waals surface area contributed by atoms with E-state index in [1.807, 2.05) is 13.8 Å². The molecule has 3 N–H and O–H groups in total. The van der Waals surface area contributed by atoms with Gasteiger partial charge in [-0.1, -0.05) is 13.8 Å². The lowest BCUT2D eigenvalue weighted by Gasteiger charge is -2.01. The number of hydrogen-bond acceptors (Lipinski definition) is 4. The number of nitrogens with two attached hydrogens (primary N) is 1. The molecule has 2 rings (SSSR count). The number of thiocarbonyl (C=S) groups is 1. The average molecular weight is 307 g/mol. The minimum absolute atomic E-state index is 0.00969.